The van der Waals surface area contributed by atoms with E-state index >= 15 is 0 Å². The Balaban J connectivity index is 2.56. The SMILES string of the molecule is CC#CCCNC(=O)c1c(C)noc1C. The highest BCUT2D eigenvalue weighted by molar-refractivity contribution is 5.96. The summed E-state index contributed by atoms with van der Waals surface area (Å²) in [6, 6.07) is 0. The van der Waals surface area contributed by atoms with E-state index in [4.69, 9.17) is 4.52 Å². The molecular formula is C11H14N2O2. The van der Waals surface area contributed by atoms with E-state index in [1.807, 2.05) is 0 Å². The Labute approximate surface area is 89.0 Å². The third-order valence-corrected chi connectivity index (χ3v) is 1.97. The molecule has 0 saturated heterocycles. The Morgan fingerprint density at radius 3 is 2.80 bits per heavy atom. The van der Waals surface area contributed by atoms with Crippen molar-refractivity contribution >= 4 is 5.91 Å². The van der Waals surface area contributed by atoms with Crippen LogP contribution >= 0.6 is 0 Å². The van der Waals surface area contributed by atoms with Crippen molar-refractivity contribution < 1.29 is 9.32 Å². The topological polar surface area (TPSA) is 55.1 Å². The lowest BCUT2D eigenvalue weighted by Gasteiger charge is -2.01. The number of carbonyl (C=O) groups excluding carboxylic acids is 1. The molecule has 1 aromatic rings. The van der Waals surface area contributed by atoms with Gasteiger partial charge in [0.1, 0.15) is 11.3 Å². The molecule has 4 heteroatoms. The Bertz CT molecular complexity index is 390. The van der Waals surface area contributed by atoms with Gasteiger partial charge in [-0.25, -0.2) is 0 Å². The molecule has 1 heterocycles. The lowest BCUT2D eigenvalue weighted by Crippen LogP contribution is -2.25. The molecule has 1 aromatic heterocycles. The lowest BCUT2D eigenvalue weighted by atomic mass is 10.2. The maximum absolute atomic E-state index is 11.7. The predicted octanol–water partition coefficient (Wildman–Crippen LogP) is 1.43. The van der Waals surface area contributed by atoms with E-state index < -0.39 is 0 Å². The molecule has 4 nitrogen and oxygen atoms in total. The van der Waals surface area contributed by atoms with Gasteiger partial charge in [-0.15, -0.1) is 11.8 Å². The summed E-state index contributed by atoms with van der Waals surface area (Å²) in [6.07, 6.45) is 0.658. The highest BCUT2D eigenvalue weighted by atomic mass is 16.5. The smallest absolute Gasteiger partial charge is 0.256 e. The Morgan fingerprint density at radius 2 is 2.27 bits per heavy atom. The van der Waals surface area contributed by atoms with Gasteiger partial charge in [0.2, 0.25) is 0 Å². The minimum atomic E-state index is -0.149. The molecule has 0 aliphatic carbocycles. The highest BCUT2D eigenvalue weighted by Gasteiger charge is 2.16. The summed E-state index contributed by atoms with van der Waals surface area (Å²) in [5, 5.41) is 6.48. The van der Waals surface area contributed by atoms with Crippen LogP contribution in [0, 0.1) is 25.7 Å². The summed E-state index contributed by atoms with van der Waals surface area (Å²) < 4.78 is 4.91. The van der Waals surface area contributed by atoms with Crippen LogP contribution in [-0.2, 0) is 0 Å². The fraction of sp³-hybridized carbons (Fsp3) is 0.455. The van der Waals surface area contributed by atoms with E-state index in [2.05, 4.69) is 22.3 Å². The van der Waals surface area contributed by atoms with Crippen LogP contribution < -0.4 is 5.32 Å². The van der Waals surface area contributed by atoms with Crippen molar-refractivity contribution in [3.05, 3.63) is 17.0 Å². The van der Waals surface area contributed by atoms with Crippen LogP contribution in [0.3, 0.4) is 0 Å². The van der Waals surface area contributed by atoms with Crippen molar-refractivity contribution in [2.75, 3.05) is 6.54 Å². The second-order valence-electron chi connectivity index (χ2n) is 3.13. The standard InChI is InChI=1S/C11H14N2O2/c1-4-5-6-7-12-11(14)10-8(2)13-15-9(10)3/h6-7H2,1-3H3,(H,12,14). The van der Waals surface area contributed by atoms with E-state index in [0.717, 1.165) is 0 Å². The molecule has 0 saturated carbocycles. The molecule has 1 amide bonds. The number of nitrogens with one attached hydrogen (secondary N) is 1. The monoisotopic (exact) mass is 206 g/mol. The van der Waals surface area contributed by atoms with Crippen LogP contribution in [0.5, 0.6) is 0 Å². The fourth-order valence-corrected chi connectivity index (χ4v) is 1.26. The van der Waals surface area contributed by atoms with E-state index in [-0.39, 0.29) is 5.91 Å². The highest BCUT2D eigenvalue weighted by Crippen LogP contribution is 2.11. The van der Waals surface area contributed by atoms with E-state index in [0.29, 0.717) is 30.0 Å². The van der Waals surface area contributed by atoms with Gasteiger partial charge in [-0.2, -0.15) is 0 Å². The molecular weight excluding hydrogens is 192 g/mol. The summed E-state index contributed by atoms with van der Waals surface area (Å²) in [4.78, 5) is 11.7. The number of aryl methyl sites for hydroxylation is 2. The number of aromatic nitrogens is 1. The van der Waals surface area contributed by atoms with Gasteiger partial charge in [-0.1, -0.05) is 5.16 Å². The quantitative estimate of drug-likeness (QED) is 0.601. The zero-order valence-corrected chi connectivity index (χ0v) is 9.18. The van der Waals surface area contributed by atoms with Crippen molar-refractivity contribution in [3.8, 4) is 11.8 Å². The molecule has 15 heavy (non-hydrogen) atoms. The minimum Gasteiger partial charge on any atom is -0.361 e. The first-order valence-electron chi connectivity index (χ1n) is 4.77. The van der Waals surface area contributed by atoms with E-state index in [1.54, 1.807) is 20.8 Å². The number of hydrogen-bond acceptors (Lipinski definition) is 3. The third-order valence-electron chi connectivity index (χ3n) is 1.97. The second-order valence-corrected chi connectivity index (χ2v) is 3.13. The van der Waals surface area contributed by atoms with Crippen LogP contribution in [0.1, 0.15) is 35.2 Å². The molecule has 0 aromatic carbocycles. The molecule has 1 N–H and O–H groups in total. The number of carbonyl (C=O) groups is 1. The van der Waals surface area contributed by atoms with Gasteiger partial charge >= 0.3 is 0 Å². The van der Waals surface area contributed by atoms with Gasteiger partial charge < -0.3 is 9.84 Å². The number of hydrogen-bond donors (Lipinski definition) is 1. The van der Waals surface area contributed by atoms with Crippen LogP contribution in [0.25, 0.3) is 0 Å². The summed E-state index contributed by atoms with van der Waals surface area (Å²) in [6.45, 7) is 5.79. The number of amides is 1. The average Bonchev–Trinajstić information content (AvgIpc) is 2.53. The largest absolute Gasteiger partial charge is 0.361 e. The van der Waals surface area contributed by atoms with Gasteiger partial charge in [0.15, 0.2) is 0 Å². The molecule has 0 aliphatic rings. The van der Waals surface area contributed by atoms with Gasteiger partial charge in [0.25, 0.3) is 5.91 Å². The van der Waals surface area contributed by atoms with Crippen molar-refractivity contribution in [2.24, 2.45) is 0 Å². The summed E-state index contributed by atoms with van der Waals surface area (Å²) in [5.41, 5.74) is 1.14. The second kappa shape index (κ2) is 5.20. The molecule has 0 radical (unpaired) electrons. The molecule has 0 spiro atoms. The first kappa shape index (κ1) is 11.3. The third kappa shape index (κ3) is 2.84. The van der Waals surface area contributed by atoms with Gasteiger partial charge in [0.05, 0.1) is 5.69 Å². The maximum atomic E-state index is 11.7. The zero-order valence-electron chi connectivity index (χ0n) is 9.18. The van der Waals surface area contributed by atoms with Gasteiger partial charge in [0, 0.05) is 13.0 Å². The normalized spacial score (nSPS) is 9.27. The Kier molecular flexibility index (Phi) is 3.92. The minimum absolute atomic E-state index is 0.149. The number of rotatable bonds is 3. The van der Waals surface area contributed by atoms with E-state index in [1.165, 1.54) is 0 Å². The van der Waals surface area contributed by atoms with E-state index in [9.17, 15) is 4.79 Å². The van der Waals surface area contributed by atoms with Crippen molar-refractivity contribution in [1.82, 2.24) is 10.5 Å². The zero-order chi connectivity index (χ0) is 11.3. The molecule has 0 fully saturated rings. The van der Waals surface area contributed by atoms with Crippen LogP contribution in [0.15, 0.2) is 4.52 Å². The van der Waals surface area contributed by atoms with Gasteiger partial charge in [-0.05, 0) is 20.8 Å². The molecule has 0 aliphatic heterocycles. The molecule has 0 unspecified atom stereocenters. The van der Waals surface area contributed by atoms with Crippen LogP contribution in [0.2, 0.25) is 0 Å². The number of nitrogens with zero attached hydrogens (tertiary/aromatic N) is 1. The van der Waals surface area contributed by atoms with Crippen LogP contribution in [0.4, 0.5) is 0 Å². The average molecular weight is 206 g/mol. The predicted molar refractivity (Wildman–Crippen MR) is 56.4 cm³/mol. The summed E-state index contributed by atoms with van der Waals surface area (Å²) in [7, 11) is 0. The molecule has 1 rings (SSSR count). The Morgan fingerprint density at radius 1 is 1.53 bits per heavy atom. The summed E-state index contributed by atoms with van der Waals surface area (Å²) >= 11 is 0. The molecule has 0 bridgehead atoms. The molecule has 80 valence electrons. The van der Waals surface area contributed by atoms with Gasteiger partial charge in [-0.3, -0.25) is 4.79 Å². The first-order chi connectivity index (χ1) is 7.16. The van der Waals surface area contributed by atoms with Crippen LogP contribution in [-0.4, -0.2) is 17.6 Å². The van der Waals surface area contributed by atoms with Crippen molar-refractivity contribution in [1.29, 1.82) is 0 Å². The fourth-order valence-electron chi connectivity index (χ4n) is 1.26. The summed E-state index contributed by atoms with van der Waals surface area (Å²) in [5.74, 6) is 6.04. The Hall–Kier alpha value is -1.76. The maximum Gasteiger partial charge on any atom is 0.256 e. The first-order valence-corrected chi connectivity index (χ1v) is 4.77. The van der Waals surface area contributed by atoms with Crippen molar-refractivity contribution in [3.63, 3.8) is 0 Å². The lowest BCUT2D eigenvalue weighted by molar-refractivity contribution is 0.0952. The molecule has 0 atom stereocenters. The van der Waals surface area contributed by atoms with Crippen molar-refractivity contribution in [2.45, 2.75) is 27.2 Å².